The van der Waals surface area contributed by atoms with Crippen LogP contribution >= 0.6 is 11.3 Å². The van der Waals surface area contributed by atoms with Crippen LogP contribution in [0.5, 0.6) is 0 Å². The molecule has 1 aromatic heterocycles. The van der Waals surface area contributed by atoms with E-state index < -0.39 is 0 Å². The van der Waals surface area contributed by atoms with Crippen LogP contribution in [-0.4, -0.2) is 0 Å². The van der Waals surface area contributed by atoms with Crippen molar-refractivity contribution in [3.63, 3.8) is 0 Å². The largest absolute Gasteiger partial charge is 0.309 e. The van der Waals surface area contributed by atoms with Gasteiger partial charge in [-0.3, -0.25) is 0 Å². The van der Waals surface area contributed by atoms with Crippen molar-refractivity contribution in [3.8, 4) is 44.5 Å². The first kappa shape index (κ1) is 36.3. The second-order valence-corrected chi connectivity index (χ2v) is 17.3. The molecule has 60 heavy (non-hydrogen) atoms. The van der Waals surface area contributed by atoms with Gasteiger partial charge in [-0.2, -0.15) is 0 Å². The second kappa shape index (κ2) is 15.8. The number of rotatable bonds is 8. The molecule has 0 spiro atoms. The second-order valence-electron chi connectivity index (χ2n) is 16.2. The molecular weight excluding hydrogens is 743 g/mol. The molecule has 1 saturated carbocycles. The van der Waals surface area contributed by atoms with Gasteiger partial charge in [-0.05, 0) is 105 Å². The third-order valence-corrected chi connectivity index (χ3v) is 13.9. The van der Waals surface area contributed by atoms with Crippen LogP contribution in [0.1, 0.15) is 43.6 Å². The minimum atomic E-state index is 0.579. The lowest BCUT2D eigenvalue weighted by atomic mass is 9.80. The molecule has 0 atom stereocenters. The molecule has 1 nitrogen and oxygen atoms in total. The van der Waals surface area contributed by atoms with Crippen LogP contribution in [0, 0.1) is 0 Å². The molecule has 2 heteroatoms. The highest BCUT2D eigenvalue weighted by Gasteiger charge is 2.25. The molecule has 0 saturated heterocycles. The van der Waals surface area contributed by atoms with Crippen molar-refractivity contribution in [2.75, 3.05) is 4.90 Å². The molecule has 0 unspecified atom stereocenters. The van der Waals surface area contributed by atoms with Crippen molar-refractivity contribution in [1.29, 1.82) is 0 Å². The topological polar surface area (TPSA) is 3.24 Å². The quantitative estimate of drug-likeness (QED) is 0.148. The summed E-state index contributed by atoms with van der Waals surface area (Å²) in [6.45, 7) is 0. The summed E-state index contributed by atoms with van der Waals surface area (Å²) in [6, 6.07) is 76.5. The van der Waals surface area contributed by atoms with Crippen molar-refractivity contribution < 1.29 is 0 Å². The molecule has 10 aromatic rings. The first-order chi connectivity index (χ1) is 29.8. The van der Waals surface area contributed by atoms with Gasteiger partial charge >= 0.3 is 0 Å². The predicted molar refractivity (Wildman–Crippen MR) is 259 cm³/mol. The number of anilines is 3. The monoisotopic (exact) mass is 787 g/mol. The Morgan fingerprint density at radius 3 is 1.88 bits per heavy atom. The van der Waals surface area contributed by atoms with Crippen molar-refractivity contribution in [3.05, 3.63) is 212 Å². The van der Waals surface area contributed by atoms with Crippen LogP contribution in [0.3, 0.4) is 0 Å². The average molecular weight is 788 g/mol. The Labute approximate surface area is 356 Å². The van der Waals surface area contributed by atoms with Gasteiger partial charge in [-0.25, -0.2) is 0 Å². The lowest BCUT2D eigenvalue weighted by Crippen LogP contribution is -2.13. The van der Waals surface area contributed by atoms with Crippen molar-refractivity contribution >= 4 is 59.3 Å². The first-order valence-corrected chi connectivity index (χ1v) is 22.3. The lowest BCUT2D eigenvalue weighted by molar-refractivity contribution is 0.445. The zero-order valence-electron chi connectivity index (χ0n) is 33.6. The molecule has 9 aromatic carbocycles. The fraction of sp³-hybridized carbons (Fsp3) is 0.103. The van der Waals surface area contributed by atoms with Crippen LogP contribution in [0.4, 0.5) is 17.1 Å². The summed E-state index contributed by atoms with van der Waals surface area (Å²) in [4.78, 5) is 2.53. The minimum absolute atomic E-state index is 0.579. The van der Waals surface area contributed by atoms with E-state index in [-0.39, 0.29) is 0 Å². The van der Waals surface area contributed by atoms with Crippen LogP contribution in [-0.2, 0) is 0 Å². The Kier molecular flexibility index (Phi) is 9.56. The Morgan fingerprint density at radius 2 is 1.03 bits per heavy atom. The Balaban J connectivity index is 1.17. The normalized spacial score (nSPS) is 13.3. The van der Waals surface area contributed by atoms with E-state index in [1.165, 1.54) is 113 Å². The van der Waals surface area contributed by atoms with E-state index in [0.717, 1.165) is 17.1 Å². The van der Waals surface area contributed by atoms with E-state index in [0.29, 0.717) is 5.92 Å². The molecule has 0 radical (unpaired) electrons. The molecule has 288 valence electrons. The van der Waals surface area contributed by atoms with E-state index in [9.17, 15) is 0 Å². The highest BCUT2D eigenvalue weighted by molar-refractivity contribution is 7.26. The van der Waals surface area contributed by atoms with Gasteiger partial charge in [0.1, 0.15) is 0 Å². The standard InChI is InChI=1S/C58H45NS/c1-4-18-40(19-5-1)44-36-37-55(53(39-44)42-22-8-3-9-23-42)59(46-27-14-26-45(38-46)48-31-17-33-52-50-29-11-13-35-56(50)60-58(48)52)54-34-12-10-28-49(54)51-32-16-25-43-24-15-30-47(57(43)51)41-20-6-2-7-21-41/h1,3-5,8-19,22-39,41H,2,6-7,20-21H2. The predicted octanol–water partition coefficient (Wildman–Crippen LogP) is 17.4. The molecule has 1 aliphatic rings. The molecule has 1 heterocycles. The van der Waals surface area contributed by atoms with Crippen molar-refractivity contribution in [2.45, 2.75) is 38.0 Å². The molecule has 1 fully saturated rings. The molecule has 1 aliphatic carbocycles. The fourth-order valence-corrected chi connectivity index (χ4v) is 11.1. The fourth-order valence-electron chi connectivity index (χ4n) is 9.83. The summed E-state index contributed by atoms with van der Waals surface area (Å²) in [5, 5.41) is 5.34. The Morgan fingerprint density at radius 1 is 0.400 bits per heavy atom. The number of benzene rings is 9. The van der Waals surface area contributed by atoms with Gasteiger partial charge in [0.25, 0.3) is 0 Å². The summed E-state index contributed by atoms with van der Waals surface area (Å²) in [5.41, 5.74) is 14.7. The van der Waals surface area contributed by atoms with Crippen LogP contribution in [0.2, 0.25) is 0 Å². The van der Waals surface area contributed by atoms with Gasteiger partial charge in [0.05, 0.1) is 11.4 Å². The van der Waals surface area contributed by atoms with E-state index in [2.05, 4.69) is 211 Å². The zero-order valence-corrected chi connectivity index (χ0v) is 34.4. The average Bonchev–Trinajstić information content (AvgIpc) is 3.72. The van der Waals surface area contributed by atoms with E-state index >= 15 is 0 Å². The number of hydrogen-bond acceptors (Lipinski definition) is 2. The molecule has 0 amide bonds. The van der Waals surface area contributed by atoms with Gasteiger partial charge in [0, 0.05) is 37.0 Å². The lowest BCUT2D eigenvalue weighted by Gasteiger charge is -2.31. The summed E-state index contributed by atoms with van der Waals surface area (Å²) >= 11 is 1.89. The van der Waals surface area contributed by atoms with Crippen molar-refractivity contribution in [2.24, 2.45) is 0 Å². The summed E-state index contributed by atoms with van der Waals surface area (Å²) in [7, 11) is 0. The van der Waals surface area contributed by atoms with Crippen LogP contribution in [0.25, 0.3) is 75.5 Å². The third kappa shape index (κ3) is 6.58. The van der Waals surface area contributed by atoms with E-state index in [4.69, 9.17) is 0 Å². The summed E-state index contributed by atoms with van der Waals surface area (Å²) in [5.74, 6) is 0.579. The molecule has 0 aliphatic heterocycles. The molecule has 11 rings (SSSR count). The summed E-state index contributed by atoms with van der Waals surface area (Å²) in [6.07, 6.45) is 6.47. The SMILES string of the molecule is c1ccc(-c2ccc(N(c3cccc(-c4cccc5c4sc4ccccc45)c3)c3ccccc3-c3cccc4cccc(C5CCCCC5)c34)c(-c3ccccc3)c2)cc1. The van der Waals surface area contributed by atoms with Gasteiger partial charge < -0.3 is 4.90 Å². The van der Waals surface area contributed by atoms with Gasteiger partial charge in [0.15, 0.2) is 0 Å². The number of hydrogen-bond donors (Lipinski definition) is 0. The van der Waals surface area contributed by atoms with Crippen LogP contribution < -0.4 is 4.90 Å². The Bertz CT molecular complexity index is 3130. The van der Waals surface area contributed by atoms with Gasteiger partial charge in [-0.15, -0.1) is 11.3 Å². The van der Waals surface area contributed by atoms with Gasteiger partial charge in [0.2, 0.25) is 0 Å². The summed E-state index contributed by atoms with van der Waals surface area (Å²) < 4.78 is 2.64. The smallest absolute Gasteiger partial charge is 0.0540 e. The highest BCUT2D eigenvalue weighted by atomic mass is 32.1. The van der Waals surface area contributed by atoms with Crippen LogP contribution in [0.15, 0.2) is 206 Å². The molecule has 0 N–H and O–H groups in total. The number of fused-ring (bicyclic) bond motifs is 4. The first-order valence-electron chi connectivity index (χ1n) is 21.5. The highest BCUT2D eigenvalue weighted by Crippen LogP contribution is 2.49. The molecule has 0 bridgehead atoms. The Hall–Kier alpha value is -6.74. The minimum Gasteiger partial charge on any atom is -0.309 e. The van der Waals surface area contributed by atoms with E-state index in [1.54, 1.807) is 0 Å². The number of para-hydroxylation sites is 1. The van der Waals surface area contributed by atoms with E-state index in [1.807, 2.05) is 11.3 Å². The number of nitrogens with zero attached hydrogens (tertiary/aromatic N) is 1. The number of thiophene rings is 1. The maximum Gasteiger partial charge on any atom is 0.0540 e. The molecular formula is C58H45NS. The maximum absolute atomic E-state index is 2.53. The zero-order chi connectivity index (χ0) is 39.8. The third-order valence-electron chi connectivity index (χ3n) is 12.7. The van der Waals surface area contributed by atoms with Crippen molar-refractivity contribution in [1.82, 2.24) is 0 Å². The maximum atomic E-state index is 2.53. The van der Waals surface area contributed by atoms with Gasteiger partial charge in [-0.1, -0.05) is 189 Å².